The van der Waals surface area contributed by atoms with Crippen molar-refractivity contribution in [1.82, 2.24) is 9.97 Å². The molecule has 2 heterocycles. The van der Waals surface area contributed by atoms with Crippen molar-refractivity contribution in [1.29, 1.82) is 0 Å². The van der Waals surface area contributed by atoms with Crippen molar-refractivity contribution >= 4 is 0 Å². The lowest BCUT2D eigenvalue weighted by atomic mass is 10.0. The zero-order valence-electron chi connectivity index (χ0n) is 13.8. The van der Waals surface area contributed by atoms with Crippen molar-refractivity contribution in [2.75, 3.05) is 0 Å². The lowest BCUT2D eigenvalue weighted by Gasteiger charge is -2.07. The fourth-order valence-electron chi connectivity index (χ4n) is 2.82. The Morgan fingerprint density at radius 1 is 0.957 bits per heavy atom. The largest absolute Gasteiger partial charge is 0.248 e. The number of nitrogens with zero attached hydrogens (tertiary/aromatic N) is 3. The molecule has 0 aliphatic heterocycles. The first kappa shape index (κ1) is 15.3. The molecule has 0 aliphatic carbocycles. The quantitative estimate of drug-likeness (QED) is 0.676. The third-order valence-corrected chi connectivity index (χ3v) is 3.83. The Morgan fingerprint density at radius 3 is 2.22 bits per heavy atom. The zero-order chi connectivity index (χ0) is 16.6. The maximum absolute atomic E-state index is 14.8. The van der Waals surface area contributed by atoms with E-state index in [1.165, 1.54) is 6.07 Å². The molecule has 0 N–H and O–H groups in total. The minimum Gasteiger partial charge on any atom is -0.233 e. The van der Waals surface area contributed by atoms with Crippen LogP contribution in [-0.2, 0) is 7.05 Å². The summed E-state index contributed by atoms with van der Waals surface area (Å²) in [7, 11) is 1.84. The van der Waals surface area contributed by atoms with E-state index in [0.29, 0.717) is 17.1 Å². The second-order valence-corrected chi connectivity index (χ2v) is 5.83. The smallest absolute Gasteiger partial charge is 0.233 e. The first-order chi connectivity index (χ1) is 11.0. The van der Waals surface area contributed by atoms with Gasteiger partial charge in [-0.1, -0.05) is 18.2 Å². The standard InChI is InChI=1S/C19H19FN3/c1-12-7-5-6-8-16(12)18-17(20)10-15(11-23(18)4)19-21-13(2)9-14(3)22-19/h5-11H,1-4H3/q+1. The molecule has 23 heavy (non-hydrogen) atoms. The van der Waals surface area contributed by atoms with Crippen LogP contribution in [0, 0.1) is 26.6 Å². The predicted molar refractivity (Wildman–Crippen MR) is 88.2 cm³/mol. The number of aryl methyl sites for hydroxylation is 4. The minimum atomic E-state index is -0.276. The average molecular weight is 308 g/mol. The summed E-state index contributed by atoms with van der Waals surface area (Å²) in [6.07, 6.45) is 1.87. The maximum atomic E-state index is 14.8. The van der Waals surface area contributed by atoms with E-state index in [1.54, 1.807) is 4.57 Å². The van der Waals surface area contributed by atoms with Crippen LogP contribution in [0.2, 0.25) is 0 Å². The molecule has 0 saturated heterocycles. The molecule has 0 aliphatic rings. The second kappa shape index (κ2) is 5.88. The van der Waals surface area contributed by atoms with Crippen molar-refractivity contribution < 1.29 is 8.96 Å². The van der Waals surface area contributed by atoms with E-state index < -0.39 is 0 Å². The van der Waals surface area contributed by atoms with Gasteiger partial charge >= 0.3 is 0 Å². The van der Waals surface area contributed by atoms with Gasteiger partial charge in [0.25, 0.3) is 0 Å². The molecule has 2 aromatic heterocycles. The average Bonchev–Trinajstić information content (AvgIpc) is 2.47. The fourth-order valence-corrected chi connectivity index (χ4v) is 2.82. The Balaban J connectivity index is 2.16. The Bertz CT molecular complexity index is 844. The first-order valence-corrected chi connectivity index (χ1v) is 7.53. The highest BCUT2D eigenvalue weighted by Gasteiger charge is 2.21. The van der Waals surface area contributed by atoms with Gasteiger partial charge in [-0.15, -0.1) is 0 Å². The van der Waals surface area contributed by atoms with E-state index in [-0.39, 0.29) is 5.82 Å². The molecule has 0 atom stereocenters. The van der Waals surface area contributed by atoms with E-state index in [2.05, 4.69) is 9.97 Å². The monoisotopic (exact) mass is 308 g/mol. The van der Waals surface area contributed by atoms with Gasteiger partial charge in [0.2, 0.25) is 5.69 Å². The van der Waals surface area contributed by atoms with Gasteiger partial charge in [0, 0.05) is 11.4 Å². The Labute approximate surface area is 135 Å². The highest BCUT2D eigenvalue weighted by Crippen LogP contribution is 2.25. The van der Waals surface area contributed by atoms with Gasteiger partial charge in [-0.25, -0.2) is 9.97 Å². The lowest BCUT2D eigenvalue weighted by Crippen LogP contribution is -2.32. The van der Waals surface area contributed by atoms with Crippen molar-refractivity contribution in [2.45, 2.75) is 20.8 Å². The van der Waals surface area contributed by atoms with Crippen molar-refractivity contribution in [2.24, 2.45) is 7.05 Å². The van der Waals surface area contributed by atoms with Crippen LogP contribution in [-0.4, -0.2) is 9.97 Å². The Kier molecular flexibility index (Phi) is 3.90. The number of halogens is 1. The first-order valence-electron chi connectivity index (χ1n) is 7.53. The van der Waals surface area contributed by atoms with Crippen LogP contribution >= 0.6 is 0 Å². The van der Waals surface area contributed by atoms with Gasteiger partial charge in [-0.05, 0) is 44.5 Å². The normalized spacial score (nSPS) is 10.8. The fraction of sp³-hybridized carbons (Fsp3) is 0.211. The lowest BCUT2D eigenvalue weighted by molar-refractivity contribution is -0.661. The van der Waals surface area contributed by atoms with E-state index in [1.807, 2.05) is 64.3 Å². The highest BCUT2D eigenvalue weighted by molar-refractivity contribution is 5.64. The van der Waals surface area contributed by atoms with Crippen molar-refractivity contribution in [3.8, 4) is 22.6 Å². The van der Waals surface area contributed by atoms with E-state index in [0.717, 1.165) is 22.5 Å². The summed E-state index contributed by atoms with van der Waals surface area (Å²) in [6, 6.07) is 11.2. The van der Waals surface area contributed by atoms with Crippen LogP contribution in [0.4, 0.5) is 4.39 Å². The van der Waals surface area contributed by atoms with Crippen molar-refractivity contribution in [3.63, 3.8) is 0 Å². The third-order valence-electron chi connectivity index (χ3n) is 3.83. The predicted octanol–water partition coefficient (Wildman–Crippen LogP) is 3.70. The molecule has 0 amide bonds. The molecule has 0 bridgehead atoms. The van der Waals surface area contributed by atoms with Crippen LogP contribution in [0.5, 0.6) is 0 Å². The third kappa shape index (κ3) is 2.97. The summed E-state index contributed by atoms with van der Waals surface area (Å²) in [5.41, 5.74) is 4.92. The molecule has 3 rings (SSSR count). The molecule has 3 nitrogen and oxygen atoms in total. The van der Waals surface area contributed by atoms with Gasteiger partial charge in [0.05, 0.1) is 11.1 Å². The summed E-state index contributed by atoms with van der Waals surface area (Å²) in [5, 5.41) is 0. The molecule has 4 heteroatoms. The molecule has 0 radical (unpaired) electrons. The molecule has 0 saturated carbocycles. The topological polar surface area (TPSA) is 29.7 Å². The zero-order valence-corrected chi connectivity index (χ0v) is 13.8. The SMILES string of the molecule is Cc1cc(C)nc(-c2cc(F)c(-c3ccccc3C)[n+](C)c2)n1. The molecule has 0 spiro atoms. The molecule has 3 aromatic rings. The maximum Gasteiger partial charge on any atom is 0.248 e. The highest BCUT2D eigenvalue weighted by atomic mass is 19.1. The number of hydrogen-bond donors (Lipinski definition) is 0. The van der Waals surface area contributed by atoms with E-state index >= 15 is 0 Å². The van der Waals surface area contributed by atoms with Crippen LogP contribution in [0.3, 0.4) is 0 Å². The van der Waals surface area contributed by atoms with Crippen LogP contribution in [0.25, 0.3) is 22.6 Å². The number of aromatic nitrogens is 3. The minimum absolute atomic E-state index is 0.276. The molecule has 0 unspecified atom stereocenters. The van der Waals surface area contributed by atoms with Gasteiger partial charge in [0.1, 0.15) is 7.05 Å². The van der Waals surface area contributed by atoms with Crippen LogP contribution < -0.4 is 4.57 Å². The molecule has 0 fully saturated rings. The van der Waals surface area contributed by atoms with Gasteiger partial charge < -0.3 is 0 Å². The number of benzene rings is 1. The Morgan fingerprint density at radius 2 is 1.61 bits per heavy atom. The number of rotatable bonds is 2. The second-order valence-electron chi connectivity index (χ2n) is 5.83. The van der Waals surface area contributed by atoms with Crippen molar-refractivity contribution in [3.05, 3.63) is 65.4 Å². The van der Waals surface area contributed by atoms with Gasteiger partial charge in [-0.2, -0.15) is 8.96 Å². The molecule has 1 aromatic carbocycles. The summed E-state index contributed by atoms with van der Waals surface area (Å²) < 4.78 is 16.6. The Hall–Kier alpha value is -2.62. The molecular weight excluding hydrogens is 289 g/mol. The van der Waals surface area contributed by atoms with Gasteiger partial charge in [0.15, 0.2) is 17.8 Å². The number of hydrogen-bond acceptors (Lipinski definition) is 2. The summed E-state index contributed by atoms with van der Waals surface area (Å²) in [6.45, 7) is 5.81. The summed E-state index contributed by atoms with van der Waals surface area (Å²) >= 11 is 0. The van der Waals surface area contributed by atoms with Gasteiger partial charge in [-0.3, -0.25) is 0 Å². The van der Waals surface area contributed by atoms with E-state index in [9.17, 15) is 4.39 Å². The van der Waals surface area contributed by atoms with Crippen LogP contribution in [0.1, 0.15) is 17.0 Å². The molecular formula is C19H19FN3+. The number of pyridine rings is 1. The van der Waals surface area contributed by atoms with Crippen LogP contribution in [0.15, 0.2) is 42.6 Å². The summed E-state index contributed by atoms with van der Waals surface area (Å²) in [5.74, 6) is 0.274. The molecule has 116 valence electrons. The van der Waals surface area contributed by atoms with E-state index in [4.69, 9.17) is 0 Å². The summed E-state index contributed by atoms with van der Waals surface area (Å²) in [4.78, 5) is 8.83.